The van der Waals surface area contributed by atoms with Crippen molar-refractivity contribution in [3.05, 3.63) is 58.6 Å². The smallest absolute Gasteiger partial charge is 0.417 e. The third-order valence-corrected chi connectivity index (χ3v) is 7.29. The maximum Gasteiger partial charge on any atom is 0.417 e. The van der Waals surface area contributed by atoms with Crippen LogP contribution in [0.25, 0.3) is 11.1 Å². The molecule has 9 nitrogen and oxygen atoms in total. The predicted octanol–water partition coefficient (Wildman–Crippen LogP) is 1.85. The van der Waals surface area contributed by atoms with E-state index >= 15 is 0 Å². The van der Waals surface area contributed by atoms with E-state index in [0.29, 0.717) is 37.2 Å². The van der Waals surface area contributed by atoms with Crippen LogP contribution in [-0.4, -0.2) is 43.8 Å². The summed E-state index contributed by atoms with van der Waals surface area (Å²) in [4.78, 5) is 26.6. The highest BCUT2D eigenvalue weighted by atomic mass is 32.2. The van der Waals surface area contributed by atoms with Crippen molar-refractivity contribution >= 4 is 27.0 Å². The minimum atomic E-state index is -3.83. The number of hydrogen-bond acceptors (Lipinski definition) is 6. The Balaban J connectivity index is 1.46. The second-order valence-corrected chi connectivity index (χ2v) is 9.34. The summed E-state index contributed by atoms with van der Waals surface area (Å²) >= 11 is 0. The number of carbonyl (C=O) groups is 1. The molecule has 1 fully saturated rings. The Kier molecular flexibility index (Phi) is 5.84. The SMILES string of the molecule is COc1ccccc1CNC(=O)[C@H]1CCCN(S(=O)(=O)c2ccc3[nH]c(=O)oc3c2)C1. The van der Waals surface area contributed by atoms with Gasteiger partial charge < -0.3 is 14.5 Å². The Morgan fingerprint density at radius 3 is 2.90 bits per heavy atom. The lowest BCUT2D eigenvalue weighted by Gasteiger charge is -2.31. The van der Waals surface area contributed by atoms with Crippen LogP contribution in [0.2, 0.25) is 0 Å². The fraction of sp³-hybridized carbons (Fsp3) is 0.333. The Morgan fingerprint density at radius 2 is 2.10 bits per heavy atom. The number of nitrogens with one attached hydrogen (secondary N) is 2. The maximum atomic E-state index is 13.1. The molecule has 164 valence electrons. The van der Waals surface area contributed by atoms with Gasteiger partial charge in [-0.15, -0.1) is 0 Å². The number of nitrogens with zero attached hydrogens (tertiary/aromatic N) is 1. The summed E-state index contributed by atoms with van der Waals surface area (Å²) in [7, 11) is -2.26. The Morgan fingerprint density at radius 1 is 1.29 bits per heavy atom. The number of oxazole rings is 1. The maximum absolute atomic E-state index is 13.1. The van der Waals surface area contributed by atoms with E-state index in [1.54, 1.807) is 7.11 Å². The molecule has 0 radical (unpaired) electrons. The fourth-order valence-corrected chi connectivity index (χ4v) is 5.33. The zero-order chi connectivity index (χ0) is 22.0. The van der Waals surface area contributed by atoms with Crippen LogP contribution < -0.4 is 15.8 Å². The highest BCUT2D eigenvalue weighted by molar-refractivity contribution is 7.89. The number of carbonyl (C=O) groups excluding carboxylic acids is 1. The number of piperidine rings is 1. The van der Waals surface area contributed by atoms with Crippen molar-refractivity contribution in [1.29, 1.82) is 0 Å². The topological polar surface area (TPSA) is 122 Å². The molecule has 31 heavy (non-hydrogen) atoms. The van der Waals surface area contributed by atoms with E-state index in [1.165, 1.54) is 22.5 Å². The van der Waals surface area contributed by atoms with E-state index in [0.717, 1.165) is 5.56 Å². The molecule has 1 aromatic heterocycles. The lowest BCUT2D eigenvalue weighted by atomic mass is 9.98. The van der Waals surface area contributed by atoms with Gasteiger partial charge in [-0.1, -0.05) is 18.2 Å². The number of rotatable bonds is 6. The van der Waals surface area contributed by atoms with E-state index in [9.17, 15) is 18.0 Å². The van der Waals surface area contributed by atoms with Crippen LogP contribution in [0.5, 0.6) is 5.75 Å². The predicted molar refractivity (Wildman–Crippen MR) is 113 cm³/mol. The van der Waals surface area contributed by atoms with Gasteiger partial charge in [0.05, 0.1) is 23.4 Å². The van der Waals surface area contributed by atoms with Crippen molar-refractivity contribution in [2.45, 2.75) is 24.3 Å². The van der Waals surface area contributed by atoms with Crippen LogP contribution in [0, 0.1) is 5.92 Å². The van der Waals surface area contributed by atoms with Gasteiger partial charge in [0.2, 0.25) is 15.9 Å². The van der Waals surface area contributed by atoms with Gasteiger partial charge in [0.25, 0.3) is 0 Å². The molecule has 1 saturated heterocycles. The molecule has 4 rings (SSSR count). The third-order valence-electron chi connectivity index (χ3n) is 5.43. The Hall–Kier alpha value is -3.11. The summed E-state index contributed by atoms with van der Waals surface area (Å²) in [5, 5.41) is 2.89. The van der Waals surface area contributed by atoms with Crippen LogP contribution in [0.3, 0.4) is 0 Å². The summed E-state index contributed by atoms with van der Waals surface area (Å²) in [6.07, 6.45) is 1.18. The van der Waals surface area contributed by atoms with Gasteiger partial charge in [-0.3, -0.25) is 9.78 Å². The zero-order valence-electron chi connectivity index (χ0n) is 17.0. The van der Waals surface area contributed by atoms with Gasteiger partial charge in [0.1, 0.15) is 5.75 Å². The van der Waals surface area contributed by atoms with Gasteiger partial charge in [-0.25, -0.2) is 13.2 Å². The first kappa shape index (κ1) is 21.1. The molecular weight excluding hydrogens is 422 g/mol. The molecule has 10 heteroatoms. The van der Waals surface area contributed by atoms with E-state index < -0.39 is 21.7 Å². The molecule has 2 N–H and O–H groups in total. The number of methoxy groups -OCH3 is 1. The molecule has 0 bridgehead atoms. The van der Waals surface area contributed by atoms with Crippen molar-refractivity contribution in [1.82, 2.24) is 14.6 Å². The van der Waals surface area contributed by atoms with Gasteiger partial charge in [-0.2, -0.15) is 4.31 Å². The summed E-state index contributed by atoms with van der Waals surface area (Å²) in [5.74, 6) is -0.609. The molecule has 1 amide bonds. The number of para-hydroxylation sites is 1. The summed E-state index contributed by atoms with van der Waals surface area (Å²) in [5.41, 5.74) is 1.45. The lowest BCUT2D eigenvalue weighted by Crippen LogP contribution is -2.45. The van der Waals surface area contributed by atoms with Crippen LogP contribution in [0.4, 0.5) is 0 Å². The number of aromatic nitrogens is 1. The molecule has 2 heterocycles. The van der Waals surface area contributed by atoms with Crippen molar-refractivity contribution < 1.29 is 22.4 Å². The Bertz CT molecular complexity index is 1260. The van der Waals surface area contributed by atoms with Gasteiger partial charge in [0, 0.05) is 31.3 Å². The largest absolute Gasteiger partial charge is 0.496 e. The molecule has 0 aliphatic carbocycles. The van der Waals surface area contributed by atoms with Crippen molar-refractivity contribution in [3.63, 3.8) is 0 Å². The van der Waals surface area contributed by atoms with E-state index in [4.69, 9.17) is 9.15 Å². The second kappa shape index (κ2) is 8.56. The highest BCUT2D eigenvalue weighted by Crippen LogP contribution is 2.26. The number of benzene rings is 2. The number of aromatic amines is 1. The molecular formula is C21H23N3O6S. The van der Waals surface area contributed by atoms with E-state index in [1.807, 2.05) is 24.3 Å². The van der Waals surface area contributed by atoms with Crippen LogP contribution in [0.15, 0.2) is 56.6 Å². The molecule has 1 aliphatic rings. The van der Waals surface area contributed by atoms with Crippen LogP contribution in [-0.2, 0) is 21.4 Å². The zero-order valence-corrected chi connectivity index (χ0v) is 17.8. The molecule has 2 aromatic carbocycles. The van der Waals surface area contributed by atoms with Crippen molar-refractivity contribution in [3.8, 4) is 5.75 Å². The monoisotopic (exact) mass is 445 g/mol. The van der Waals surface area contributed by atoms with Gasteiger partial charge in [-0.05, 0) is 31.0 Å². The summed E-state index contributed by atoms with van der Waals surface area (Å²) in [6.45, 7) is 0.720. The number of hydrogen-bond donors (Lipinski definition) is 2. The molecule has 0 saturated carbocycles. The molecule has 1 aliphatic heterocycles. The molecule has 1 atom stereocenters. The minimum Gasteiger partial charge on any atom is -0.496 e. The normalized spacial score (nSPS) is 17.5. The third kappa shape index (κ3) is 4.35. The minimum absolute atomic E-state index is 0.0258. The van der Waals surface area contributed by atoms with Crippen LogP contribution >= 0.6 is 0 Å². The van der Waals surface area contributed by atoms with Crippen molar-refractivity contribution in [2.75, 3.05) is 20.2 Å². The highest BCUT2D eigenvalue weighted by Gasteiger charge is 2.33. The number of H-pyrrole nitrogens is 1. The average Bonchev–Trinajstić information content (AvgIpc) is 3.17. The molecule has 0 unspecified atom stereocenters. The van der Waals surface area contributed by atoms with Crippen LogP contribution in [0.1, 0.15) is 18.4 Å². The Labute approximate surface area is 179 Å². The number of amides is 1. The molecule has 3 aromatic rings. The van der Waals surface area contributed by atoms with Gasteiger partial charge in [0.15, 0.2) is 5.58 Å². The molecule has 0 spiro atoms. The second-order valence-electron chi connectivity index (χ2n) is 7.40. The number of sulfonamides is 1. The summed E-state index contributed by atoms with van der Waals surface area (Å²) < 4.78 is 37.8. The standard InChI is InChI=1S/C21H23N3O6S/c1-29-18-7-3-2-5-14(18)12-22-20(25)15-6-4-10-24(13-15)31(27,28)16-8-9-17-19(11-16)30-21(26)23-17/h2-3,5,7-9,11,15H,4,6,10,12-13H2,1H3,(H,22,25)(H,23,26)/t15-/m0/s1. The lowest BCUT2D eigenvalue weighted by molar-refractivity contribution is -0.126. The van der Waals surface area contributed by atoms with Crippen molar-refractivity contribution in [2.24, 2.45) is 5.92 Å². The number of fused-ring (bicyclic) bond motifs is 1. The fourth-order valence-electron chi connectivity index (χ4n) is 3.79. The quantitative estimate of drug-likeness (QED) is 0.597. The first-order chi connectivity index (χ1) is 14.9. The number of ether oxygens (including phenoxy) is 1. The summed E-state index contributed by atoms with van der Waals surface area (Å²) in [6, 6.07) is 11.6. The van der Waals surface area contributed by atoms with E-state index in [2.05, 4.69) is 10.3 Å². The first-order valence-electron chi connectivity index (χ1n) is 9.91. The van der Waals surface area contributed by atoms with Gasteiger partial charge >= 0.3 is 5.76 Å². The van der Waals surface area contributed by atoms with E-state index in [-0.39, 0.29) is 22.9 Å². The average molecular weight is 445 g/mol. The first-order valence-corrected chi connectivity index (χ1v) is 11.3.